The van der Waals surface area contributed by atoms with Crippen molar-refractivity contribution < 1.29 is 9.53 Å². The summed E-state index contributed by atoms with van der Waals surface area (Å²) in [5, 5.41) is 6.89. The molecule has 3 aromatic rings. The monoisotopic (exact) mass is 443 g/mol. The van der Waals surface area contributed by atoms with Crippen LogP contribution >= 0.6 is 0 Å². The van der Waals surface area contributed by atoms with Gasteiger partial charge in [-0.05, 0) is 61.5 Å². The molecular formula is C24H25N7O2. The van der Waals surface area contributed by atoms with Crippen molar-refractivity contribution in [1.29, 1.82) is 0 Å². The van der Waals surface area contributed by atoms with Crippen molar-refractivity contribution in [3.63, 3.8) is 0 Å². The van der Waals surface area contributed by atoms with Crippen LogP contribution in [0.25, 0.3) is 17.2 Å². The van der Waals surface area contributed by atoms with Gasteiger partial charge in [-0.2, -0.15) is 5.10 Å². The Morgan fingerprint density at radius 2 is 2.21 bits per heavy atom. The van der Waals surface area contributed by atoms with Crippen LogP contribution in [0, 0.1) is 5.92 Å². The van der Waals surface area contributed by atoms with E-state index in [0.717, 1.165) is 72.6 Å². The number of nitrogens with one attached hydrogen (secondary N) is 2. The number of nitrogens with zero attached hydrogens (tertiary/aromatic N) is 5. The number of H-pyrrole nitrogens is 2. The van der Waals surface area contributed by atoms with E-state index in [9.17, 15) is 4.79 Å². The Balaban J connectivity index is 1.19. The van der Waals surface area contributed by atoms with Gasteiger partial charge in [0.25, 0.3) is 0 Å². The van der Waals surface area contributed by atoms with Crippen molar-refractivity contribution in [3.05, 3.63) is 59.7 Å². The Hall–Kier alpha value is -3.75. The lowest BCUT2D eigenvalue weighted by molar-refractivity contribution is -0.118. The number of carbonyl (C=O) groups excluding carboxylic acids is 1. The molecule has 1 saturated heterocycles. The first-order valence-electron chi connectivity index (χ1n) is 11.4. The third-order valence-corrected chi connectivity index (χ3v) is 6.81. The average Bonchev–Trinajstić information content (AvgIpc) is 3.61. The van der Waals surface area contributed by atoms with E-state index in [-0.39, 0.29) is 17.7 Å². The van der Waals surface area contributed by atoms with E-state index >= 15 is 0 Å². The van der Waals surface area contributed by atoms with Crippen molar-refractivity contribution in [2.24, 2.45) is 5.92 Å². The number of hydrogen-bond donors (Lipinski definition) is 2. The van der Waals surface area contributed by atoms with Crippen LogP contribution in [0.1, 0.15) is 37.8 Å². The van der Waals surface area contributed by atoms with E-state index < -0.39 is 0 Å². The largest absolute Gasteiger partial charge is 0.491 e. The summed E-state index contributed by atoms with van der Waals surface area (Å²) < 4.78 is 6.37. The van der Waals surface area contributed by atoms with Crippen LogP contribution in [0.4, 0.5) is 5.82 Å². The highest BCUT2D eigenvalue weighted by molar-refractivity contribution is 6.03. The fraction of sp³-hybridized carbons (Fsp3) is 0.375. The Morgan fingerprint density at radius 1 is 1.24 bits per heavy atom. The Morgan fingerprint density at radius 3 is 3.12 bits per heavy atom. The number of ether oxygens (including phenoxy) is 1. The molecule has 1 aliphatic heterocycles. The fourth-order valence-corrected chi connectivity index (χ4v) is 5.17. The molecule has 33 heavy (non-hydrogen) atoms. The zero-order chi connectivity index (χ0) is 22.2. The van der Waals surface area contributed by atoms with Crippen LogP contribution in [-0.2, 0) is 9.53 Å². The van der Waals surface area contributed by atoms with E-state index in [4.69, 9.17) is 4.74 Å². The molecule has 2 aliphatic carbocycles. The average molecular weight is 444 g/mol. The molecule has 3 aliphatic rings. The van der Waals surface area contributed by atoms with Crippen molar-refractivity contribution in [3.8, 4) is 0 Å². The van der Waals surface area contributed by atoms with Crippen LogP contribution in [0.3, 0.4) is 0 Å². The maximum Gasteiger partial charge on any atom is 0.182 e. The van der Waals surface area contributed by atoms with Crippen LogP contribution in [0.5, 0.6) is 0 Å². The summed E-state index contributed by atoms with van der Waals surface area (Å²) in [6.07, 6.45) is 15.4. The number of carbonyl (C=O) groups is 1. The minimum Gasteiger partial charge on any atom is -0.491 e. The predicted octanol–water partition coefficient (Wildman–Crippen LogP) is 3.34. The molecule has 1 saturated carbocycles. The highest BCUT2D eigenvalue weighted by Crippen LogP contribution is 2.39. The smallest absolute Gasteiger partial charge is 0.182 e. The first-order chi connectivity index (χ1) is 16.3. The molecule has 3 aromatic heterocycles. The number of aromatic nitrogens is 6. The number of ketones is 1. The highest BCUT2D eigenvalue weighted by atomic mass is 16.5. The fourth-order valence-electron chi connectivity index (χ4n) is 5.17. The topological polar surface area (TPSA) is 113 Å². The highest BCUT2D eigenvalue weighted by Gasteiger charge is 2.34. The summed E-state index contributed by atoms with van der Waals surface area (Å²) in [6, 6.07) is 2.09. The lowest BCUT2D eigenvalue weighted by Crippen LogP contribution is -2.34. The van der Waals surface area contributed by atoms with Gasteiger partial charge in [-0.1, -0.05) is 6.08 Å². The van der Waals surface area contributed by atoms with Crippen molar-refractivity contribution in [2.45, 2.75) is 38.1 Å². The number of aromatic amines is 2. The van der Waals surface area contributed by atoms with Gasteiger partial charge in [0.2, 0.25) is 0 Å². The first kappa shape index (κ1) is 19.9. The molecule has 0 bridgehead atoms. The SMILES string of the molecule is O=C1/C(=C\c2ccn[nH]2)CCC2=C(OCC3CCCN3c3ncnc4nc[nH]c34)C=CCC12. The van der Waals surface area contributed by atoms with Gasteiger partial charge in [0.05, 0.1) is 24.0 Å². The molecule has 2 unspecified atom stereocenters. The van der Waals surface area contributed by atoms with Gasteiger partial charge in [0, 0.05) is 12.7 Å². The number of rotatable bonds is 5. The lowest BCUT2D eigenvalue weighted by Gasteiger charge is -2.31. The first-order valence-corrected chi connectivity index (χ1v) is 11.4. The Kier molecular flexibility index (Phi) is 5.01. The van der Waals surface area contributed by atoms with E-state index in [1.165, 1.54) is 0 Å². The van der Waals surface area contributed by atoms with Crippen molar-refractivity contribution in [2.75, 3.05) is 18.1 Å². The third kappa shape index (κ3) is 3.63. The van der Waals surface area contributed by atoms with Gasteiger partial charge >= 0.3 is 0 Å². The van der Waals surface area contributed by atoms with Crippen molar-refractivity contribution in [1.82, 2.24) is 30.1 Å². The standard InChI is InChI=1S/C24H25N7O2/c32-22-15(11-16-8-9-29-30-16)6-7-18-19(22)4-1-5-20(18)33-12-17-3-2-10-31(17)24-21-23(26-13-25-21)27-14-28-24/h1,5,8-9,11,13-14,17,19H,2-4,6-7,10,12H2,(H,29,30)(H,25,26,27,28)/b15-11-. The van der Waals surface area contributed by atoms with E-state index in [0.29, 0.717) is 12.3 Å². The second kappa shape index (κ2) is 8.31. The summed E-state index contributed by atoms with van der Waals surface area (Å²) in [7, 11) is 0. The van der Waals surface area contributed by atoms with Crippen molar-refractivity contribution >= 4 is 28.8 Å². The van der Waals surface area contributed by atoms with Crippen LogP contribution in [0.15, 0.2) is 54.0 Å². The molecule has 4 heterocycles. The number of hydrogen-bond acceptors (Lipinski definition) is 7. The molecule has 2 fully saturated rings. The van der Waals surface area contributed by atoms with Gasteiger partial charge in [0.15, 0.2) is 17.2 Å². The molecule has 0 radical (unpaired) electrons. The number of Topliss-reactive ketones (excluding diaryl/α,β-unsaturated/α-hetero) is 1. The third-order valence-electron chi connectivity index (χ3n) is 6.81. The minimum atomic E-state index is -0.126. The maximum absolute atomic E-state index is 13.2. The summed E-state index contributed by atoms with van der Waals surface area (Å²) in [4.78, 5) is 31.6. The second-order valence-corrected chi connectivity index (χ2v) is 8.72. The van der Waals surface area contributed by atoms with Crippen LogP contribution in [-0.4, -0.2) is 55.1 Å². The summed E-state index contributed by atoms with van der Waals surface area (Å²) in [5.41, 5.74) is 4.39. The van der Waals surface area contributed by atoms with E-state index in [1.807, 2.05) is 18.2 Å². The summed E-state index contributed by atoms with van der Waals surface area (Å²) in [5.74, 6) is 1.81. The van der Waals surface area contributed by atoms with Gasteiger partial charge in [-0.3, -0.25) is 9.89 Å². The normalized spacial score (nSPS) is 24.2. The Bertz CT molecular complexity index is 1270. The Labute approximate surface area is 190 Å². The van der Waals surface area contributed by atoms with E-state index in [2.05, 4.69) is 41.1 Å². The molecule has 2 atom stereocenters. The lowest BCUT2D eigenvalue weighted by atomic mass is 9.75. The van der Waals surface area contributed by atoms with Gasteiger partial charge < -0.3 is 14.6 Å². The number of anilines is 1. The molecule has 9 heteroatoms. The maximum atomic E-state index is 13.2. The van der Waals surface area contributed by atoms with Gasteiger partial charge in [-0.25, -0.2) is 15.0 Å². The van der Waals surface area contributed by atoms with Gasteiger partial charge in [0.1, 0.15) is 24.2 Å². The molecule has 0 amide bonds. The van der Waals surface area contributed by atoms with Gasteiger partial charge in [-0.15, -0.1) is 0 Å². The zero-order valence-corrected chi connectivity index (χ0v) is 18.2. The second-order valence-electron chi connectivity index (χ2n) is 8.72. The predicted molar refractivity (Wildman–Crippen MR) is 123 cm³/mol. The molecular weight excluding hydrogens is 418 g/mol. The van der Waals surface area contributed by atoms with E-state index in [1.54, 1.807) is 18.9 Å². The molecule has 9 nitrogen and oxygen atoms in total. The summed E-state index contributed by atoms with van der Waals surface area (Å²) >= 11 is 0. The van der Waals surface area contributed by atoms with Crippen LogP contribution in [0.2, 0.25) is 0 Å². The summed E-state index contributed by atoms with van der Waals surface area (Å²) in [6.45, 7) is 1.48. The molecule has 6 rings (SSSR count). The molecule has 0 aromatic carbocycles. The molecule has 2 N–H and O–H groups in total. The number of allylic oxidation sites excluding steroid dienone is 4. The molecule has 0 spiro atoms. The number of imidazole rings is 1. The van der Waals surface area contributed by atoms with Crippen LogP contribution < -0.4 is 4.90 Å². The minimum absolute atomic E-state index is 0.126. The number of fused-ring (bicyclic) bond motifs is 2. The molecule has 168 valence electrons. The zero-order valence-electron chi connectivity index (χ0n) is 18.2. The quantitative estimate of drug-likeness (QED) is 0.582.